The van der Waals surface area contributed by atoms with Crippen LogP contribution in [0.3, 0.4) is 0 Å². The first-order valence-corrected chi connectivity index (χ1v) is 7.52. The number of oxime groups is 1. The molecule has 24 heavy (non-hydrogen) atoms. The van der Waals surface area contributed by atoms with Crippen molar-refractivity contribution in [1.29, 1.82) is 0 Å². The zero-order valence-electron chi connectivity index (χ0n) is 13.4. The number of nitrogens with zero attached hydrogens (tertiary/aromatic N) is 1. The lowest BCUT2D eigenvalue weighted by Crippen LogP contribution is -2.13. The van der Waals surface area contributed by atoms with Crippen molar-refractivity contribution in [2.24, 2.45) is 5.16 Å². The van der Waals surface area contributed by atoms with Gasteiger partial charge in [0.1, 0.15) is 23.7 Å². The molecule has 0 saturated carbocycles. The van der Waals surface area contributed by atoms with Crippen LogP contribution in [-0.4, -0.2) is 17.5 Å². The van der Waals surface area contributed by atoms with Gasteiger partial charge >= 0.3 is 5.63 Å². The van der Waals surface area contributed by atoms with Crippen LogP contribution in [0.4, 0.5) is 0 Å². The topological polar surface area (TPSA) is 72.0 Å². The molecule has 1 aromatic heterocycles. The summed E-state index contributed by atoms with van der Waals surface area (Å²) in [6.45, 7) is 3.96. The van der Waals surface area contributed by atoms with E-state index in [0.29, 0.717) is 17.0 Å². The number of ether oxygens (including phenoxy) is 1. The third-order valence-corrected chi connectivity index (χ3v) is 3.80. The predicted molar refractivity (Wildman–Crippen MR) is 92.2 cm³/mol. The van der Waals surface area contributed by atoms with Crippen molar-refractivity contribution in [3.63, 3.8) is 0 Å². The summed E-state index contributed by atoms with van der Waals surface area (Å²) in [5.74, 6) is 0.604. The Kier molecular flexibility index (Phi) is 4.33. The summed E-state index contributed by atoms with van der Waals surface area (Å²) in [6.07, 6.45) is 0. The van der Waals surface area contributed by atoms with Crippen molar-refractivity contribution >= 4 is 16.7 Å². The fourth-order valence-electron chi connectivity index (χ4n) is 2.46. The van der Waals surface area contributed by atoms with Crippen LogP contribution in [0, 0.1) is 13.8 Å². The molecule has 0 saturated heterocycles. The third-order valence-electron chi connectivity index (χ3n) is 3.80. The Morgan fingerprint density at radius 2 is 1.88 bits per heavy atom. The summed E-state index contributed by atoms with van der Waals surface area (Å²) >= 11 is 0. The molecular weight excluding hydrogens is 306 g/mol. The summed E-state index contributed by atoms with van der Waals surface area (Å²) in [4.78, 5) is 11.4. The van der Waals surface area contributed by atoms with Gasteiger partial charge in [-0.25, -0.2) is 4.79 Å². The number of benzene rings is 2. The maximum atomic E-state index is 11.4. The van der Waals surface area contributed by atoms with Crippen molar-refractivity contribution in [2.75, 3.05) is 6.61 Å². The van der Waals surface area contributed by atoms with E-state index in [0.717, 1.165) is 22.1 Å². The molecule has 5 nitrogen and oxygen atoms in total. The van der Waals surface area contributed by atoms with E-state index in [4.69, 9.17) is 9.15 Å². The van der Waals surface area contributed by atoms with Crippen LogP contribution in [0.25, 0.3) is 11.0 Å². The average Bonchev–Trinajstić information content (AvgIpc) is 2.57. The van der Waals surface area contributed by atoms with E-state index >= 15 is 0 Å². The number of hydrogen-bond donors (Lipinski definition) is 1. The molecule has 0 amide bonds. The standard InChI is InChI=1S/C19H17NO4/c1-12-3-5-14(6-4-12)17(20-22)11-23-15-7-8-18-16(10-15)13(2)9-19(21)24-18/h3-10,22H,11H2,1-2H3/b20-17-. The molecule has 0 radical (unpaired) electrons. The molecule has 0 aliphatic rings. The van der Waals surface area contributed by atoms with Gasteiger partial charge in [0.15, 0.2) is 0 Å². The summed E-state index contributed by atoms with van der Waals surface area (Å²) in [7, 11) is 0. The second-order valence-corrected chi connectivity index (χ2v) is 5.61. The first-order chi connectivity index (χ1) is 11.6. The van der Waals surface area contributed by atoms with Gasteiger partial charge < -0.3 is 14.4 Å². The Morgan fingerprint density at radius 1 is 1.12 bits per heavy atom. The Balaban J connectivity index is 1.82. The van der Waals surface area contributed by atoms with Gasteiger partial charge in [0.2, 0.25) is 0 Å². The lowest BCUT2D eigenvalue weighted by Gasteiger charge is -2.09. The van der Waals surface area contributed by atoms with Gasteiger partial charge in [-0.3, -0.25) is 0 Å². The molecular formula is C19H17NO4. The lowest BCUT2D eigenvalue weighted by molar-refractivity contribution is 0.308. The second-order valence-electron chi connectivity index (χ2n) is 5.61. The van der Waals surface area contributed by atoms with E-state index in [1.54, 1.807) is 18.2 Å². The average molecular weight is 323 g/mol. The van der Waals surface area contributed by atoms with Crippen LogP contribution < -0.4 is 10.4 Å². The maximum absolute atomic E-state index is 11.4. The maximum Gasteiger partial charge on any atom is 0.336 e. The van der Waals surface area contributed by atoms with Crippen molar-refractivity contribution < 1.29 is 14.4 Å². The minimum atomic E-state index is -0.372. The highest BCUT2D eigenvalue weighted by atomic mass is 16.5. The van der Waals surface area contributed by atoms with Crippen LogP contribution >= 0.6 is 0 Å². The summed E-state index contributed by atoms with van der Waals surface area (Å²) in [5, 5.41) is 13.4. The molecule has 3 rings (SSSR count). The van der Waals surface area contributed by atoms with Gasteiger partial charge in [0.25, 0.3) is 0 Å². The van der Waals surface area contributed by atoms with Gasteiger partial charge in [-0.1, -0.05) is 35.0 Å². The largest absolute Gasteiger partial charge is 0.487 e. The van der Waals surface area contributed by atoms with Gasteiger partial charge in [-0.05, 0) is 37.6 Å². The smallest absolute Gasteiger partial charge is 0.336 e. The molecule has 0 spiro atoms. The summed E-state index contributed by atoms with van der Waals surface area (Å²) in [6, 6.07) is 14.3. The summed E-state index contributed by atoms with van der Waals surface area (Å²) in [5.41, 5.74) is 3.33. The number of rotatable bonds is 4. The molecule has 122 valence electrons. The van der Waals surface area contributed by atoms with Gasteiger partial charge in [0.05, 0.1) is 0 Å². The zero-order chi connectivity index (χ0) is 17.1. The predicted octanol–water partition coefficient (Wildman–Crippen LogP) is 3.67. The molecule has 5 heteroatoms. The van der Waals surface area contributed by atoms with E-state index in [9.17, 15) is 10.0 Å². The van der Waals surface area contributed by atoms with E-state index in [2.05, 4.69) is 5.16 Å². The highest BCUT2D eigenvalue weighted by Gasteiger charge is 2.08. The molecule has 0 bridgehead atoms. The Labute approximate surface area is 138 Å². The highest BCUT2D eigenvalue weighted by Crippen LogP contribution is 2.22. The van der Waals surface area contributed by atoms with Crippen molar-refractivity contribution in [3.05, 3.63) is 75.6 Å². The quantitative estimate of drug-likeness (QED) is 0.344. The first-order valence-electron chi connectivity index (χ1n) is 7.52. The molecule has 3 aromatic rings. The number of hydrogen-bond acceptors (Lipinski definition) is 5. The first kappa shape index (κ1) is 15.8. The highest BCUT2D eigenvalue weighted by molar-refractivity contribution is 6.01. The van der Waals surface area contributed by atoms with Gasteiger partial charge in [0, 0.05) is 17.0 Å². The Hall–Kier alpha value is -3.08. The van der Waals surface area contributed by atoms with E-state index in [1.807, 2.05) is 38.1 Å². The molecule has 0 fully saturated rings. The van der Waals surface area contributed by atoms with Crippen molar-refractivity contribution in [3.8, 4) is 5.75 Å². The molecule has 1 N–H and O–H groups in total. The fourth-order valence-corrected chi connectivity index (χ4v) is 2.46. The Morgan fingerprint density at radius 3 is 2.58 bits per heavy atom. The molecule has 2 aromatic carbocycles. The van der Waals surface area contributed by atoms with E-state index < -0.39 is 0 Å². The van der Waals surface area contributed by atoms with Gasteiger partial charge in [-0.15, -0.1) is 0 Å². The van der Waals surface area contributed by atoms with E-state index in [-0.39, 0.29) is 12.2 Å². The van der Waals surface area contributed by atoms with Crippen molar-refractivity contribution in [1.82, 2.24) is 0 Å². The second kappa shape index (κ2) is 6.58. The molecule has 1 heterocycles. The van der Waals surface area contributed by atoms with Crippen LogP contribution in [0.1, 0.15) is 16.7 Å². The number of aryl methyl sites for hydroxylation is 2. The van der Waals surface area contributed by atoms with Gasteiger partial charge in [-0.2, -0.15) is 0 Å². The van der Waals surface area contributed by atoms with Crippen LogP contribution in [0.15, 0.2) is 62.9 Å². The number of fused-ring (bicyclic) bond motifs is 1. The normalized spacial score (nSPS) is 11.7. The van der Waals surface area contributed by atoms with Crippen LogP contribution in [-0.2, 0) is 0 Å². The monoisotopic (exact) mass is 323 g/mol. The molecule has 0 atom stereocenters. The minimum Gasteiger partial charge on any atom is -0.487 e. The fraction of sp³-hybridized carbons (Fsp3) is 0.158. The lowest BCUT2D eigenvalue weighted by atomic mass is 10.1. The Bertz CT molecular complexity index is 955. The van der Waals surface area contributed by atoms with E-state index in [1.165, 1.54) is 6.07 Å². The van der Waals surface area contributed by atoms with Crippen molar-refractivity contribution in [2.45, 2.75) is 13.8 Å². The van der Waals surface area contributed by atoms with Crippen LogP contribution in [0.2, 0.25) is 0 Å². The molecule has 0 unspecified atom stereocenters. The SMILES string of the molecule is Cc1ccc(/C(COc2ccc3oc(=O)cc(C)c3c2)=N\O)cc1. The third kappa shape index (κ3) is 3.30. The molecule has 0 aliphatic heterocycles. The summed E-state index contributed by atoms with van der Waals surface area (Å²) < 4.78 is 10.9. The minimum absolute atomic E-state index is 0.126. The van der Waals surface area contributed by atoms with Crippen LogP contribution in [0.5, 0.6) is 5.75 Å². The zero-order valence-corrected chi connectivity index (χ0v) is 13.4. The molecule has 0 aliphatic carbocycles.